The molecule has 1 atom stereocenters. The molecule has 26 heavy (non-hydrogen) atoms. The molecule has 0 bridgehead atoms. The second-order valence-electron chi connectivity index (χ2n) is 7.64. The molecule has 0 radical (unpaired) electrons. The average molecular weight is 358 g/mol. The quantitative estimate of drug-likeness (QED) is 0.756. The van der Waals surface area contributed by atoms with Crippen molar-refractivity contribution in [3.8, 4) is 0 Å². The number of para-hydroxylation sites is 1. The van der Waals surface area contributed by atoms with E-state index in [2.05, 4.69) is 10.6 Å². The zero-order valence-electron chi connectivity index (χ0n) is 15.5. The van der Waals surface area contributed by atoms with Crippen LogP contribution in [0.2, 0.25) is 0 Å². The molecule has 6 heteroatoms. The number of carbonyl (C=O) groups is 2. The molecule has 0 unspecified atom stereocenters. The number of nitrogens with two attached hydrogens (primary N) is 1. The summed E-state index contributed by atoms with van der Waals surface area (Å²) in [7, 11) is 1.88. The van der Waals surface area contributed by atoms with Crippen molar-refractivity contribution in [2.75, 3.05) is 12.4 Å². The van der Waals surface area contributed by atoms with Gasteiger partial charge < -0.3 is 21.3 Å². The number of hydrogen-bond acceptors (Lipinski definition) is 3. The van der Waals surface area contributed by atoms with Gasteiger partial charge in [0.1, 0.15) is 0 Å². The molecule has 1 aromatic carbocycles. The molecule has 4 N–H and O–H groups in total. The molecule has 2 aliphatic carbocycles. The van der Waals surface area contributed by atoms with Crippen LogP contribution in [0.5, 0.6) is 0 Å². The van der Waals surface area contributed by atoms with Gasteiger partial charge in [-0.2, -0.15) is 0 Å². The largest absolute Gasteiger partial charge is 0.341 e. The van der Waals surface area contributed by atoms with Crippen LogP contribution in [0.15, 0.2) is 30.3 Å². The molecule has 6 nitrogen and oxygen atoms in total. The van der Waals surface area contributed by atoms with Gasteiger partial charge in [0.25, 0.3) is 0 Å². The normalized spacial score (nSPS) is 24.2. The van der Waals surface area contributed by atoms with Crippen LogP contribution < -0.4 is 16.4 Å². The van der Waals surface area contributed by atoms with Crippen molar-refractivity contribution in [2.24, 2.45) is 11.7 Å². The summed E-state index contributed by atoms with van der Waals surface area (Å²) in [6.07, 6.45) is 6.88. The molecule has 0 aliphatic heterocycles. The number of amides is 3. The first-order valence-corrected chi connectivity index (χ1v) is 9.69. The van der Waals surface area contributed by atoms with Crippen molar-refractivity contribution < 1.29 is 9.59 Å². The van der Waals surface area contributed by atoms with Gasteiger partial charge >= 0.3 is 6.03 Å². The van der Waals surface area contributed by atoms with Gasteiger partial charge in [0.2, 0.25) is 5.91 Å². The molecule has 2 fully saturated rings. The third-order valence-electron chi connectivity index (χ3n) is 5.90. The highest BCUT2D eigenvalue weighted by Gasteiger charge is 2.34. The summed E-state index contributed by atoms with van der Waals surface area (Å²) >= 11 is 0. The molecule has 3 amide bonds. The van der Waals surface area contributed by atoms with Crippen LogP contribution in [0.3, 0.4) is 0 Å². The second kappa shape index (κ2) is 8.54. The number of likely N-dealkylation sites (N-methyl/N-ethyl adjacent to an activating group) is 1. The Balaban J connectivity index is 1.42. The molecule has 3 rings (SSSR count). The van der Waals surface area contributed by atoms with Crippen LogP contribution in [0.4, 0.5) is 10.5 Å². The summed E-state index contributed by atoms with van der Waals surface area (Å²) in [5.41, 5.74) is 7.05. The fourth-order valence-electron chi connectivity index (χ4n) is 3.89. The molecular formula is C20H30N4O2. The van der Waals surface area contributed by atoms with Gasteiger partial charge in [0.05, 0.1) is 6.04 Å². The van der Waals surface area contributed by atoms with Gasteiger partial charge in [0.15, 0.2) is 0 Å². The lowest BCUT2D eigenvalue weighted by Gasteiger charge is -2.38. The molecule has 2 saturated carbocycles. The van der Waals surface area contributed by atoms with Crippen molar-refractivity contribution in [1.29, 1.82) is 0 Å². The molecule has 1 aromatic rings. The maximum absolute atomic E-state index is 12.6. The Morgan fingerprint density at radius 3 is 2.31 bits per heavy atom. The summed E-state index contributed by atoms with van der Waals surface area (Å²) in [6.45, 7) is 0. The van der Waals surface area contributed by atoms with E-state index in [1.54, 1.807) is 0 Å². The third kappa shape index (κ3) is 4.55. The predicted octanol–water partition coefficient (Wildman–Crippen LogP) is 2.71. The Hall–Kier alpha value is -2.08. The number of benzene rings is 1. The number of anilines is 1. The Morgan fingerprint density at radius 2 is 1.73 bits per heavy atom. The zero-order chi connectivity index (χ0) is 18.5. The minimum Gasteiger partial charge on any atom is -0.341 e. The van der Waals surface area contributed by atoms with E-state index in [1.807, 2.05) is 42.3 Å². The van der Waals surface area contributed by atoms with Gasteiger partial charge in [-0.05, 0) is 63.0 Å². The number of carbonyl (C=O) groups excluding carboxylic acids is 2. The lowest BCUT2D eigenvalue weighted by molar-refractivity contribution is -0.136. The summed E-state index contributed by atoms with van der Waals surface area (Å²) < 4.78 is 0. The number of hydrogen-bond donors (Lipinski definition) is 3. The van der Waals surface area contributed by atoms with Gasteiger partial charge in [-0.25, -0.2) is 4.79 Å². The smallest absolute Gasteiger partial charge is 0.319 e. The van der Waals surface area contributed by atoms with Crippen molar-refractivity contribution in [3.63, 3.8) is 0 Å². The molecule has 0 spiro atoms. The number of rotatable bonds is 5. The highest BCUT2D eigenvalue weighted by atomic mass is 16.2. The topological polar surface area (TPSA) is 87.5 Å². The van der Waals surface area contributed by atoms with Crippen LogP contribution in [-0.2, 0) is 4.79 Å². The van der Waals surface area contributed by atoms with Gasteiger partial charge in [-0.15, -0.1) is 0 Å². The monoisotopic (exact) mass is 358 g/mol. The number of nitrogens with one attached hydrogen (secondary N) is 2. The Kier molecular flexibility index (Phi) is 6.14. The van der Waals surface area contributed by atoms with Crippen molar-refractivity contribution in [1.82, 2.24) is 10.2 Å². The Morgan fingerprint density at radius 1 is 1.08 bits per heavy atom. The lowest BCUT2D eigenvalue weighted by Crippen LogP contribution is -2.52. The highest BCUT2D eigenvalue weighted by molar-refractivity contribution is 5.89. The molecule has 0 saturated heterocycles. The zero-order valence-corrected chi connectivity index (χ0v) is 15.5. The van der Waals surface area contributed by atoms with Crippen LogP contribution >= 0.6 is 0 Å². The minimum absolute atomic E-state index is 0.0768. The Labute approximate surface area is 155 Å². The van der Waals surface area contributed by atoms with Crippen molar-refractivity contribution >= 4 is 17.6 Å². The number of urea groups is 1. The third-order valence-corrected chi connectivity index (χ3v) is 5.90. The highest BCUT2D eigenvalue weighted by Crippen LogP contribution is 2.29. The fourth-order valence-corrected chi connectivity index (χ4v) is 3.89. The van der Waals surface area contributed by atoms with E-state index < -0.39 is 6.04 Å². The minimum atomic E-state index is -0.417. The standard InChI is InChI=1S/C20H30N4O2/c1-24(17-8-5-9-17)19(25)18(21)14-10-12-16(13-11-14)23-20(26)22-15-6-3-2-4-7-15/h2-4,6-7,14,16-18H,5,8-13,21H2,1H3,(H2,22,23,26)/t14?,16?,18-/m0/s1. The number of nitrogens with zero attached hydrogens (tertiary/aromatic N) is 1. The molecule has 0 aromatic heterocycles. The van der Waals surface area contributed by atoms with Crippen molar-refractivity contribution in [3.05, 3.63) is 30.3 Å². The second-order valence-corrected chi connectivity index (χ2v) is 7.64. The first kappa shape index (κ1) is 18.7. The maximum Gasteiger partial charge on any atom is 0.319 e. The molecule has 0 heterocycles. The lowest BCUT2D eigenvalue weighted by atomic mass is 9.81. The van der Waals surface area contributed by atoms with Crippen LogP contribution in [-0.4, -0.2) is 42.0 Å². The van der Waals surface area contributed by atoms with E-state index >= 15 is 0 Å². The fraction of sp³-hybridized carbons (Fsp3) is 0.600. The average Bonchev–Trinajstić information content (AvgIpc) is 2.60. The summed E-state index contributed by atoms with van der Waals surface area (Å²) in [5, 5.41) is 5.88. The van der Waals surface area contributed by atoms with Crippen LogP contribution in [0.1, 0.15) is 44.9 Å². The van der Waals surface area contributed by atoms with Gasteiger partial charge in [-0.1, -0.05) is 18.2 Å². The first-order valence-electron chi connectivity index (χ1n) is 9.69. The first-order chi connectivity index (χ1) is 12.5. The van der Waals surface area contributed by atoms with Crippen LogP contribution in [0, 0.1) is 5.92 Å². The predicted molar refractivity (Wildman–Crippen MR) is 103 cm³/mol. The SMILES string of the molecule is CN(C(=O)[C@@H](N)C1CCC(NC(=O)Nc2ccccc2)CC1)C1CCC1. The van der Waals surface area contributed by atoms with Gasteiger partial charge in [-0.3, -0.25) is 4.79 Å². The van der Waals surface area contributed by atoms with E-state index in [0.29, 0.717) is 6.04 Å². The maximum atomic E-state index is 12.6. The van der Waals surface area contributed by atoms with E-state index in [1.165, 1.54) is 6.42 Å². The summed E-state index contributed by atoms with van der Waals surface area (Å²) in [4.78, 5) is 26.5. The van der Waals surface area contributed by atoms with E-state index in [-0.39, 0.29) is 23.9 Å². The van der Waals surface area contributed by atoms with E-state index in [4.69, 9.17) is 5.73 Å². The molecule has 142 valence electrons. The molecular weight excluding hydrogens is 328 g/mol. The molecule has 2 aliphatic rings. The summed E-state index contributed by atoms with van der Waals surface area (Å²) in [5.74, 6) is 0.285. The Bertz CT molecular complexity index is 609. The van der Waals surface area contributed by atoms with E-state index in [9.17, 15) is 9.59 Å². The summed E-state index contributed by atoms with van der Waals surface area (Å²) in [6, 6.07) is 9.34. The van der Waals surface area contributed by atoms with Crippen molar-refractivity contribution in [2.45, 2.75) is 63.1 Å². The van der Waals surface area contributed by atoms with Gasteiger partial charge in [0, 0.05) is 24.8 Å². The van der Waals surface area contributed by atoms with E-state index in [0.717, 1.165) is 44.2 Å². The van der Waals surface area contributed by atoms with Crippen LogP contribution in [0.25, 0.3) is 0 Å².